The zero-order valence-corrected chi connectivity index (χ0v) is 15.2. The molecule has 0 aliphatic carbocycles. The molecule has 0 aliphatic heterocycles. The molecule has 25 heavy (non-hydrogen) atoms. The molecular formula is C18H15BrN2O4. The Labute approximate surface area is 152 Å². The molecule has 0 radical (unpaired) electrons. The second kappa shape index (κ2) is 7.06. The Hall–Kier alpha value is -2.67. The second-order valence-corrected chi connectivity index (χ2v) is 6.30. The lowest BCUT2D eigenvalue weighted by Crippen LogP contribution is -2.17. The van der Waals surface area contributed by atoms with Crippen LogP contribution in [0.2, 0.25) is 0 Å². The molecule has 2 heterocycles. The number of carbonyl (C=O) groups is 1. The molecule has 7 heteroatoms. The van der Waals surface area contributed by atoms with Crippen LogP contribution in [-0.2, 0) is 11.3 Å². The summed E-state index contributed by atoms with van der Waals surface area (Å²) in [5, 5.41) is 0. The number of esters is 1. The van der Waals surface area contributed by atoms with Crippen molar-refractivity contribution in [3.05, 3.63) is 74.2 Å². The van der Waals surface area contributed by atoms with Gasteiger partial charge in [0.05, 0.1) is 18.4 Å². The molecule has 0 unspecified atom stereocenters. The van der Waals surface area contributed by atoms with E-state index in [1.54, 1.807) is 30.5 Å². The van der Waals surface area contributed by atoms with Crippen LogP contribution in [-0.4, -0.2) is 22.5 Å². The normalized spacial score (nSPS) is 10.7. The summed E-state index contributed by atoms with van der Waals surface area (Å²) in [5.74, 6) is 0.0178. The van der Waals surface area contributed by atoms with Crippen LogP contribution in [0.3, 0.4) is 0 Å². The fraction of sp³-hybridized carbons (Fsp3) is 0.167. The molecule has 0 saturated carbocycles. The molecular weight excluding hydrogens is 388 g/mol. The fourth-order valence-electron chi connectivity index (χ4n) is 2.34. The van der Waals surface area contributed by atoms with Crippen LogP contribution in [0.15, 0.2) is 51.9 Å². The van der Waals surface area contributed by atoms with E-state index in [1.165, 1.54) is 17.6 Å². The van der Waals surface area contributed by atoms with E-state index in [0.717, 1.165) is 5.56 Å². The first-order valence-electron chi connectivity index (χ1n) is 7.47. The summed E-state index contributed by atoms with van der Waals surface area (Å²) >= 11 is 3.31. The third-order valence-electron chi connectivity index (χ3n) is 3.61. The van der Waals surface area contributed by atoms with Gasteiger partial charge in [-0.05, 0) is 52.7 Å². The quantitative estimate of drug-likeness (QED) is 0.626. The van der Waals surface area contributed by atoms with E-state index in [1.807, 2.05) is 13.0 Å². The number of benzene rings is 1. The Kier molecular flexibility index (Phi) is 4.85. The summed E-state index contributed by atoms with van der Waals surface area (Å²) in [7, 11) is 1.52. The van der Waals surface area contributed by atoms with Gasteiger partial charge >= 0.3 is 5.97 Å². The highest BCUT2D eigenvalue weighted by Crippen LogP contribution is 2.23. The van der Waals surface area contributed by atoms with Crippen molar-refractivity contribution < 1.29 is 14.3 Å². The number of fused-ring (bicyclic) bond motifs is 1. The summed E-state index contributed by atoms with van der Waals surface area (Å²) in [4.78, 5) is 28.8. The van der Waals surface area contributed by atoms with Crippen molar-refractivity contribution in [2.45, 2.75) is 13.5 Å². The van der Waals surface area contributed by atoms with E-state index in [-0.39, 0.29) is 12.2 Å². The summed E-state index contributed by atoms with van der Waals surface area (Å²) in [6.07, 6.45) is 1.72. The molecule has 0 fully saturated rings. The first-order chi connectivity index (χ1) is 12.0. The third kappa shape index (κ3) is 3.71. The zero-order valence-electron chi connectivity index (χ0n) is 13.7. The van der Waals surface area contributed by atoms with E-state index < -0.39 is 5.97 Å². The number of pyridine rings is 1. The van der Waals surface area contributed by atoms with Gasteiger partial charge in [0.2, 0.25) is 0 Å². The van der Waals surface area contributed by atoms with Gasteiger partial charge < -0.3 is 9.47 Å². The van der Waals surface area contributed by atoms with Crippen LogP contribution in [0, 0.1) is 6.92 Å². The minimum atomic E-state index is -0.531. The predicted molar refractivity (Wildman–Crippen MR) is 96.0 cm³/mol. The van der Waals surface area contributed by atoms with Crippen LogP contribution < -0.4 is 10.3 Å². The van der Waals surface area contributed by atoms with E-state index >= 15 is 0 Å². The lowest BCUT2D eigenvalue weighted by molar-refractivity contribution is 0.0466. The molecule has 0 atom stereocenters. The van der Waals surface area contributed by atoms with Crippen LogP contribution in [0.1, 0.15) is 21.6 Å². The van der Waals surface area contributed by atoms with E-state index in [4.69, 9.17) is 9.47 Å². The smallest absolute Gasteiger partial charge is 0.339 e. The first-order valence-corrected chi connectivity index (χ1v) is 8.27. The Balaban J connectivity index is 1.82. The second-order valence-electron chi connectivity index (χ2n) is 5.44. The lowest BCUT2D eigenvalue weighted by atomic mass is 10.2. The number of methoxy groups -OCH3 is 1. The lowest BCUT2D eigenvalue weighted by Gasteiger charge is -2.09. The van der Waals surface area contributed by atoms with Gasteiger partial charge in [0, 0.05) is 16.7 Å². The van der Waals surface area contributed by atoms with Gasteiger partial charge in [-0.25, -0.2) is 9.78 Å². The molecule has 1 aromatic carbocycles. The Bertz CT molecular complexity index is 1010. The molecule has 0 aliphatic rings. The van der Waals surface area contributed by atoms with Crippen molar-refractivity contribution in [2.75, 3.05) is 7.11 Å². The average molecular weight is 403 g/mol. The number of aryl methyl sites for hydroxylation is 1. The number of rotatable bonds is 4. The molecule has 0 spiro atoms. The number of carbonyl (C=O) groups excluding carboxylic acids is 1. The highest BCUT2D eigenvalue weighted by Gasteiger charge is 2.14. The first kappa shape index (κ1) is 17.2. The van der Waals surface area contributed by atoms with Crippen molar-refractivity contribution in [1.29, 1.82) is 0 Å². The fourth-order valence-corrected chi connectivity index (χ4v) is 2.75. The number of nitrogens with zero attached hydrogens (tertiary/aromatic N) is 2. The van der Waals surface area contributed by atoms with Crippen LogP contribution in [0.4, 0.5) is 0 Å². The molecule has 3 aromatic rings. The molecule has 0 N–H and O–H groups in total. The SMILES string of the molecule is COc1ccc(Br)c(C(=O)OCc2cc(=O)n3cc(C)ccc3n2)c1. The topological polar surface area (TPSA) is 69.9 Å². The molecule has 0 saturated heterocycles. The summed E-state index contributed by atoms with van der Waals surface area (Å²) in [6.45, 7) is 1.80. The Morgan fingerprint density at radius 1 is 1.24 bits per heavy atom. The van der Waals surface area contributed by atoms with Gasteiger partial charge in [-0.3, -0.25) is 9.20 Å². The number of hydrogen-bond acceptors (Lipinski definition) is 5. The third-order valence-corrected chi connectivity index (χ3v) is 4.30. The Morgan fingerprint density at radius 3 is 2.80 bits per heavy atom. The zero-order chi connectivity index (χ0) is 18.0. The maximum atomic E-state index is 12.3. The van der Waals surface area contributed by atoms with Crippen molar-refractivity contribution in [3.63, 3.8) is 0 Å². The van der Waals surface area contributed by atoms with Crippen molar-refractivity contribution in [3.8, 4) is 5.75 Å². The predicted octanol–water partition coefficient (Wildman–Crippen LogP) is 3.13. The molecule has 128 valence electrons. The highest BCUT2D eigenvalue weighted by molar-refractivity contribution is 9.10. The van der Waals surface area contributed by atoms with E-state index in [2.05, 4.69) is 20.9 Å². The monoisotopic (exact) mass is 402 g/mol. The van der Waals surface area contributed by atoms with Gasteiger partial charge in [0.1, 0.15) is 18.0 Å². The van der Waals surface area contributed by atoms with Crippen molar-refractivity contribution in [2.24, 2.45) is 0 Å². The molecule has 3 rings (SSSR count). The van der Waals surface area contributed by atoms with Crippen LogP contribution in [0.25, 0.3) is 5.65 Å². The van der Waals surface area contributed by atoms with E-state index in [0.29, 0.717) is 27.1 Å². The summed E-state index contributed by atoms with van der Waals surface area (Å²) in [5.41, 5.74) is 1.97. The number of aromatic nitrogens is 2. The molecule has 0 bridgehead atoms. The molecule has 0 amide bonds. The highest BCUT2D eigenvalue weighted by atomic mass is 79.9. The average Bonchev–Trinajstić information content (AvgIpc) is 2.60. The number of hydrogen-bond donors (Lipinski definition) is 0. The van der Waals surface area contributed by atoms with Crippen molar-refractivity contribution in [1.82, 2.24) is 9.38 Å². The van der Waals surface area contributed by atoms with E-state index in [9.17, 15) is 9.59 Å². The van der Waals surface area contributed by atoms with Gasteiger partial charge in [0.15, 0.2) is 0 Å². The number of halogens is 1. The maximum Gasteiger partial charge on any atom is 0.339 e. The largest absolute Gasteiger partial charge is 0.497 e. The van der Waals surface area contributed by atoms with Gasteiger partial charge in [0.25, 0.3) is 5.56 Å². The summed E-state index contributed by atoms with van der Waals surface area (Å²) < 4.78 is 12.5. The molecule has 6 nitrogen and oxygen atoms in total. The van der Waals surface area contributed by atoms with Crippen LogP contribution >= 0.6 is 15.9 Å². The number of ether oxygens (including phenoxy) is 2. The minimum absolute atomic E-state index is 0.0951. The van der Waals surface area contributed by atoms with Crippen molar-refractivity contribution >= 4 is 27.5 Å². The van der Waals surface area contributed by atoms with Gasteiger partial charge in [-0.15, -0.1) is 0 Å². The summed E-state index contributed by atoms with van der Waals surface area (Å²) in [6, 6.07) is 10.00. The van der Waals surface area contributed by atoms with Gasteiger partial charge in [-0.2, -0.15) is 0 Å². The van der Waals surface area contributed by atoms with Gasteiger partial charge in [-0.1, -0.05) is 6.07 Å². The Morgan fingerprint density at radius 2 is 2.04 bits per heavy atom. The minimum Gasteiger partial charge on any atom is -0.497 e. The standard InChI is InChI=1S/C18H15BrN2O4/c1-11-3-6-16-20-12(7-17(22)21(16)9-11)10-25-18(23)14-8-13(24-2)4-5-15(14)19/h3-9H,10H2,1-2H3. The van der Waals surface area contributed by atoms with Crippen LogP contribution in [0.5, 0.6) is 5.75 Å². The maximum absolute atomic E-state index is 12.3. The molecule has 2 aromatic heterocycles.